The molecule has 2 heteroatoms. The summed E-state index contributed by atoms with van der Waals surface area (Å²) in [7, 11) is 0. The third kappa shape index (κ3) is 2.47. The molecule has 1 aliphatic carbocycles. The SMILES string of the molecule is NCCC1CCC(Cl)CC1. The van der Waals surface area contributed by atoms with Crippen LogP contribution in [0.4, 0.5) is 0 Å². The number of nitrogens with two attached hydrogens (primary N) is 1. The molecule has 1 aliphatic rings. The zero-order chi connectivity index (χ0) is 7.40. The molecule has 0 heterocycles. The summed E-state index contributed by atoms with van der Waals surface area (Å²) in [6.45, 7) is 0.845. The maximum atomic E-state index is 5.95. The molecule has 1 fully saturated rings. The topological polar surface area (TPSA) is 26.0 Å². The zero-order valence-corrected chi connectivity index (χ0v) is 7.11. The number of hydrogen-bond acceptors (Lipinski definition) is 1. The van der Waals surface area contributed by atoms with Crippen molar-refractivity contribution in [1.82, 2.24) is 0 Å². The second kappa shape index (κ2) is 4.20. The average molecular weight is 162 g/mol. The predicted octanol–water partition coefficient (Wildman–Crippen LogP) is 2.13. The van der Waals surface area contributed by atoms with E-state index in [9.17, 15) is 0 Å². The van der Waals surface area contributed by atoms with Gasteiger partial charge in [-0.15, -0.1) is 11.6 Å². The highest BCUT2D eigenvalue weighted by atomic mass is 35.5. The molecule has 1 nitrogen and oxygen atoms in total. The standard InChI is InChI=1S/C8H16ClN/c9-8-3-1-7(2-4-8)5-6-10/h7-8H,1-6,10H2. The summed E-state index contributed by atoms with van der Waals surface area (Å²) in [6.07, 6.45) is 6.19. The highest BCUT2D eigenvalue weighted by molar-refractivity contribution is 6.20. The Bertz CT molecular complexity index is 87.3. The third-order valence-corrected chi connectivity index (χ3v) is 2.79. The first-order valence-corrected chi connectivity index (χ1v) is 4.60. The van der Waals surface area contributed by atoms with Crippen molar-refractivity contribution in [2.24, 2.45) is 11.7 Å². The Kier molecular flexibility index (Phi) is 3.50. The van der Waals surface area contributed by atoms with Gasteiger partial charge < -0.3 is 5.73 Å². The number of rotatable bonds is 2. The third-order valence-electron chi connectivity index (χ3n) is 2.35. The van der Waals surface area contributed by atoms with Crippen LogP contribution in [0.1, 0.15) is 32.1 Å². The number of halogens is 1. The molecule has 1 saturated carbocycles. The number of alkyl halides is 1. The molecule has 1 rings (SSSR count). The first-order valence-electron chi connectivity index (χ1n) is 4.17. The fourth-order valence-corrected chi connectivity index (χ4v) is 1.90. The van der Waals surface area contributed by atoms with Crippen LogP contribution in [0.25, 0.3) is 0 Å². The van der Waals surface area contributed by atoms with Gasteiger partial charge in [-0.05, 0) is 44.6 Å². The molecule has 0 atom stereocenters. The minimum absolute atomic E-state index is 0.453. The Morgan fingerprint density at radius 3 is 2.30 bits per heavy atom. The highest BCUT2D eigenvalue weighted by Crippen LogP contribution is 2.28. The summed E-state index contributed by atoms with van der Waals surface area (Å²) in [5.41, 5.74) is 5.46. The van der Waals surface area contributed by atoms with E-state index in [4.69, 9.17) is 17.3 Å². The van der Waals surface area contributed by atoms with E-state index in [1.165, 1.54) is 32.1 Å². The lowest BCUT2D eigenvalue weighted by Gasteiger charge is -2.24. The largest absolute Gasteiger partial charge is 0.330 e. The summed E-state index contributed by atoms with van der Waals surface area (Å²) in [5, 5.41) is 0.453. The maximum absolute atomic E-state index is 5.95. The molecule has 0 aromatic carbocycles. The van der Waals surface area contributed by atoms with Crippen molar-refractivity contribution in [2.75, 3.05) is 6.54 Å². The minimum atomic E-state index is 0.453. The van der Waals surface area contributed by atoms with E-state index in [0.29, 0.717) is 5.38 Å². The van der Waals surface area contributed by atoms with Crippen LogP contribution in [0, 0.1) is 5.92 Å². The lowest BCUT2D eigenvalue weighted by molar-refractivity contribution is 0.347. The van der Waals surface area contributed by atoms with Gasteiger partial charge in [0, 0.05) is 5.38 Å². The Morgan fingerprint density at radius 1 is 1.20 bits per heavy atom. The van der Waals surface area contributed by atoms with Gasteiger partial charge in [-0.3, -0.25) is 0 Å². The first kappa shape index (κ1) is 8.35. The summed E-state index contributed by atoms with van der Waals surface area (Å²) in [6, 6.07) is 0. The van der Waals surface area contributed by atoms with Crippen molar-refractivity contribution in [3.05, 3.63) is 0 Å². The van der Waals surface area contributed by atoms with Crippen LogP contribution in [-0.2, 0) is 0 Å². The molecule has 0 aromatic heterocycles. The van der Waals surface area contributed by atoms with E-state index in [1.807, 2.05) is 0 Å². The molecule has 0 saturated heterocycles. The van der Waals surface area contributed by atoms with E-state index in [1.54, 1.807) is 0 Å². The average Bonchev–Trinajstić information content (AvgIpc) is 1.95. The van der Waals surface area contributed by atoms with E-state index in [-0.39, 0.29) is 0 Å². The van der Waals surface area contributed by atoms with E-state index < -0.39 is 0 Å². The zero-order valence-electron chi connectivity index (χ0n) is 6.35. The Hall–Kier alpha value is 0.250. The second-order valence-corrected chi connectivity index (χ2v) is 3.81. The van der Waals surface area contributed by atoms with Gasteiger partial charge in [0.2, 0.25) is 0 Å². The molecule has 0 spiro atoms. The molecule has 0 unspecified atom stereocenters. The van der Waals surface area contributed by atoms with Crippen LogP contribution < -0.4 is 5.73 Å². The molecule has 2 N–H and O–H groups in total. The molecule has 0 amide bonds. The smallest absolute Gasteiger partial charge is 0.0336 e. The molecule has 0 bridgehead atoms. The van der Waals surface area contributed by atoms with Crippen LogP contribution >= 0.6 is 11.6 Å². The van der Waals surface area contributed by atoms with Crippen molar-refractivity contribution in [2.45, 2.75) is 37.5 Å². The van der Waals surface area contributed by atoms with Gasteiger partial charge in [-0.25, -0.2) is 0 Å². The number of hydrogen-bond donors (Lipinski definition) is 1. The van der Waals surface area contributed by atoms with E-state index in [2.05, 4.69) is 0 Å². The molecule has 0 aliphatic heterocycles. The Morgan fingerprint density at radius 2 is 1.80 bits per heavy atom. The monoisotopic (exact) mass is 161 g/mol. The van der Waals surface area contributed by atoms with Crippen molar-refractivity contribution in [3.8, 4) is 0 Å². The highest BCUT2D eigenvalue weighted by Gasteiger charge is 2.18. The Balaban J connectivity index is 2.13. The van der Waals surface area contributed by atoms with Gasteiger partial charge in [0.1, 0.15) is 0 Å². The fourth-order valence-electron chi connectivity index (χ4n) is 1.65. The van der Waals surface area contributed by atoms with Crippen LogP contribution in [0.5, 0.6) is 0 Å². The molecular formula is C8H16ClN. The quantitative estimate of drug-likeness (QED) is 0.617. The minimum Gasteiger partial charge on any atom is -0.330 e. The first-order chi connectivity index (χ1) is 4.83. The second-order valence-electron chi connectivity index (χ2n) is 3.20. The van der Waals surface area contributed by atoms with Gasteiger partial charge in [0.25, 0.3) is 0 Å². The van der Waals surface area contributed by atoms with Gasteiger partial charge in [-0.1, -0.05) is 0 Å². The van der Waals surface area contributed by atoms with E-state index in [0.717, 1.165) is 12.5 Å². The maximum Gasteiger partial charge on any atom is 0.0336 e. The van der Waals surface area contributed by atoms with Crippen molar-refractivity contribution in [3.63, 3.8) is 0 Å². The van der Waals surface area contributed by atoms with Crippen molar-refractivity contribution < 1.29 is 0 Å². The summed E-state index contributed by atoms with van der Waals surface area (Å²) < 4.78 is 0. The van der Waals surface area contributed by atoms with E-state index >= 15 is 0 Å². The molecular weight excluding hydrogens is 146 g/mol. The normalized spacial score (nSPS) is 34.2. The van der Waals surface area contributed by atoms with Gasteiger partial charge >= 0.3 is 0 Å². The molecule has 60 valence electrons. The molecule has 0 radical (unpaired) electrons. The molecule has 0 aromatic rings. The fraction of sp³-hybridized carbons (Fsp3) is 1.00. The van der Waals surface area contributed by atoms with Gasteiger partial charge in [0.05, 0.1) is 0 Å². The van der Waals surface area contributed by atoms with Crippen LogP contribution in [-0.4, -0.2) is 11.9 Å². The van der Waals surface area contributed by atoms with Crippen molar-refractivity contribution >= 4 is 11.6 Å². The van der Waals surface area contributed by atoms with Gasteiger partial charge in [-0.2, -0.15) is 0 Å². The molecule has 10 heavy (non-hydrogen) atoms. The summed E-state index contributed by atoms with van der Waals surface area (Å²) in [5.74, 6) is 0.875. The predicted molar refractivity (Wildman–Crippen MR) is 45.3 cm³/mol. The van der Waals surface area contributed by atoms with Crippen LogP contribution in [0.3, 0.4) is 0 Å². The summed E-state index contributed by atoms with van der Waals surface area (Å²) in [4.78, 5) is 0. The van der Waals surface area contributed by atoms with Crippen LogP contribution in [0.15, 0.2) is 0 Å². The lowest BCUT2D eigenvalue weighted by Crippen LogP contribution is -2.17. The summed E-state index contributed by atoms with van der Waals surface area (Å²) >= 11 is 5.95. The van der Waals surface area contributed by atoms with Crippen LogP contribution in [0.2, 0.25) is 0 Å². The lowest BCUT2D eigenvalue weighted by atomic mass is 9.87. The van der Waals surface area contributed by atoms with Gasteiger partial charge in [0.15, 0.2) is 0 Å². The Labute approximate surface area is 67.9 Å². The van der Waals surface area contributed by atoms with Crippen molar-refractivity contribution in [1.29, 1.82) is 0 Å².